The average Bonchev–Trinajstić information content (AvgIpc) is 3.50. The quantitative estimate of drug-likeness (QED) is 0.426. The van der Waals surface area contributed by atoms with E-state index in [0.717, 1.165) is 41.6 Å². The minimum absolute atomic E-state index is 0.0377. The summed E-state index contributed by atoms with van der Waals surface area (Å²) in [6.07, 6.45) is 6.82. The van der Waals surface area contributed by atoms with Gasteiger partial charge in [0.15, 0.2) is 11.0 Å². The van der Waals surface area contributed by atoms with Gasteiger partial charge >= 0.3 is 0 Å². The molecule has 0 aliphatic heterocycles. The van der Waals surface area contributed by atoms with E-state index < -0.39 is 0 Å². The van der Waals surface area contributed by atoms with Crippen LogP contribution in [0.4, 0.5) is 0 Å². The Bertz CT molecular complexity index is 996. The van der Waals surface area contributed by atoms with Crippen molar-refractivity contribution in [3.63, 3.8) is 0 Å². The number of thiophene rings is 1. The molecule has 0 unspecified atom stereocenters. The molecule has 1 N–H and O–H groups in total. The molecule has 1 aliphatic rings. The lowest BCUT2D eigenvalue weighted by Crippen LogP contribution is -2.32. The van der Waals surface area contributed by atoms with E-state index >= 15 is 0 Å². The summed E-state index contributed by atoms with van der Waals surface area (Å²) in [5, 5.41) is 14.8. The standard InChI is InChI=1S/C24H30N4O2S2/c1-17(23(29)25-15-14-21-9-6-16-31-21)32-24-27-26-22(18-10-12-20(30-2)13-11-18)28(24)19-7-4-3-5-8-19/h6,9-13,16-17,19H,3-5,7-8,14-15H2,1-2H3,(H,25,29)/t17-/m1/s1. The van der Waals surface area contributed by atoms with E-state index in [-0.39, 0.29) is 11.2 Å². The molecule has 2 heterocycles. The summed E-state index contributed by atoms with van der Waals surface area (Å²) in [7, 11) is 1.67. The number of amides is 1. The Morgan fingerprint density at radius 1 is 1.22 bits per heavy atom. The number of rotatable bonds is 9. The van der Waals surface area contributed by atoms with Crippen molar-refractivity contribution in [1.82, 2.24) is 20.1 Å². The van der Waals surface area contributed by atoms with Crippen LogP contribution in [0, 0.1) is 0 Å². The van der Waals surface area contributed by atoms with Crippen molar-refractivity contribution in [2.75, 3.05) is 13.7 Å². The van der Waals surface area contributed by atoms with Gasteiger partial charge in [-0.3, -0.25) is 9.36 Å². The van der Waals surface area contributed by atoms with Crippen LogP contribution >= 0.6 is 23.1 Å². The maximum atomic E-state index is 12.7. The van der Waals surface area contributed by atoms with Crippen LogP contribution in [0.25, 0.3) is 11.4 Å². The van der Waals surface area contributed by atoms with Crippen molar-refractivity contribution in [3.8, 4) is 17.1 Å². The number of hydrogen-bond acceptors (Lipinski definition) is 6. The molecule has 0 saturated heterocycles. The van der Waals surface area contributed by atoms with Gasteiger partial charge in [-0.15, -0.1) is 21.5 Å². The Kier molecular flexibility index (Phi) is 7.86. The van der Waals surface area contributed by atoms with Crippen LogP contribution in [0.2, 0.25) is 0 Å². The van der Waals surface area contributed by atoms with Crippen LogP contribution in [0.5, 0.6) is 5.75 Å². The second-order valence-corrected chi connectivity index (χ2v) is 10.4. The van der Waals surface area contributed by atoms with E-state index in [1.54, 1.807) is 18.4 Å². The van der Waals surface area contributed by atoms with E-state index in [0.29, 0.717) is 12.6 Å². The van der Waals surface area contributed by atoms with E-state index in [1.165, 1.54) is 35.9 Å². The topological polar surface area (TPSA) is 69.0 Å². The first kappa shape index (κ1) is 22.9. The van der Waals surface area contributed by atoms with Gasteiger partial charge in [0.25, 0.3) is 0 Å². The van der Waals surface area contributed by atoms with Crippen molar-refractivity contribution in [3.05, 3.63) is 46.7 Å². The van der Waals surface area contributed by atoms with Gasteiger partial charge in [-0.1, -0.05) is 37.1 Å². The van der Waals surface area contributed by atoms with Crippen LogP contribution < -0.4 is 10.1 Å². The molecule has 8 heteroatoms. The Morgan fingerprint density at radius 3 is 2.69 bits per heavy atom. The minimum Gasteiger partial charge on any atom is -0.497 e. The lowest BCUT2D eigenvalue weighted by atomic mass is 9.95. The molecule has 0 spiro atoms. The largest absolute Gasteiger partial charge is 0.497 e. The second-order valence-electron chi connectivity index (χ2n) is 8.08. The number of thioether (sulfide) groups is 1. The van der Waals surface area contributed by atoms with Crippen molar-refractivity contribution < 1.29 is 9.53 Å². The predicted molar refractivity (Wildman–Crippen MR) is 130 cm³/mol. The van der Waals surface area contributed by atoms with Gasteiger partial charge in [0.1, 0.15) is 5.75 Å². The number of ether oxygens (including phenoxy) is 1. The molecule has 1 aromatic carbocycles. The highest BCUT2D eigenvalue weighted by Gasteiger charge is 2.26. The highest BCUT2D eigenvalue weighted by molar-refractivity contribution is 8.00. The molecule has 3 aromatic rings. The molecule has 1 saturated carbocycles. The van der Waals surface area contributed by atoms with Gasteiger partial charge in [-0.2, -0.15) is 0 Å². The fourth-order valence-corrected chi connectivity index (χ4v) is 5.73. The normalized spacial score (nSPS) is 15.4. The predicted octanol–water partition coefficient (Wildman–Crippen LogP) is 5.36. The maximum absolute atomic E-state index is 12.7. The number of benzene rings is 1. The van der Waals surface area contributed by atoms with E-state index in [9.17, 15) is 4.79 Å². The summed E-state index contributed by atoms with van der Waals surface area (Å²) in [5.41, 5.74) is 1.02. The number of carbonyl (C=O) groups excluding carboxylic acids is 1. The van der Waals surface area contributed by atoms with E-state index in [4.69, 9.17) is 4.74 Å². The molecule has 4 rings (SSSR count). The number of carbonyl (C=O) groups is 1. The molecule has 1 fully saturated rings. The Morgan fingerprint density at radius 2 is 2.00 bits per heavy atom. The number of aromatic nitrogens is 3. The molecule has 2 aromatic heterocycles. The third-order valence-corrected chi connectivity index (χ3v) is 7.85. The van der Waals surface area contributed by atoms with E-state index in [1.807, 2.05) is 37.3 Å². The molecular formula is C24H30N4O2S2. The van der Waals surface area contributed by atoms with Crippen LogP contribution in [-0.2, 0) is 11.2 Å². The summed E-state index contributed by atoms with van der Waals surface area (Å²) in [5.74, 6) is 1.73. The third-order valence-electron chi connectivity index (χ3n) is 5.85. The SMILES string of the molecule is COc1ccc(-c2nnc(S[C@H](C)C(=O)NCCc3cccs3)n2C2CCCCC2)cc1. The molecule has 170 valence electrons. The first-order valence-corrected chi connectivity index (χ1v) is 13.0. The van der Waals surface area contributed by atoms with Gasteiger partial charge in [0.2, 0.25) is 5.91 Å². The summed E-state index contributed by atoms with van der Waals surface area (Å²) < 4.78 is 7.57. The van der Waals surface area contributed by atoms with Crippen molar-refractivity contribution >= 4 is 29.0 Å². The minimum atomic E-state index is -0.242. The molecule has 1 amide bonds. The highest BCUT2D eigenvalue weighted by atomic mass is 32.2. The summed E-state index contributed by atoms with van der Waals surface area (Å²) >= 11 is 3.22. The Balaban J connectivity index is 1.49. The zero-order valence-corrected chi connectivity index (χ0v) is 20.3. The summed E-state index contributed by atoms with van der Waals surface area (Å²) in [6, 6.07) is 12.5. The average molecular weight is 471 g/mol. The zero-order valence-electron chi connectivity index (χ0n) is 18.6. The zero-order chi connectivity index (χ0) is 22.3. The summed E-state index contributed by atoms with van der Waals surface area (Å²) in [4.78, 5) is 14.0. The number of hydrogen-bond donors (Lipinski definition) is 1. The first-order chi connectivity index (χ1) is 15.7. The molecule has 32 heavy (non-hydrogen) atoms. The van der Waals surface area contributed by atoms with Crippen molar-refractivity contribution in [1.29, 1.82) is 0 Å². The lowest BCUT2D eigenvalue weighted by Gasteiger charge is -2.26. The van der Waals surface area contributed by atoms with Gasteiger partial charge in [-0.25, -0.2) is 0 Å². The fraction of sp³-hybridized carbons (Fsp3) is 0.458. The molecule has 6 nitrogen and oxygen atoms in total. The van der Waals surface area contributed by atoms with Crippen LogP contribution in [0.3, 0.4) is 0 Å². The third kappa shape index (κ3) is 5.53. The number of methoxy groups -OCH3 is 1. The monoisotopic (exact) mass is 470 g/mol. The molecule has 0 bridgehead atoms. The second kappa shape index (κ2) is 11.0. The molecule has 1 aliphatic carbocycles. The maximum Gasteiger partial charge on any atom is 0.233 e. The van der Waals surface area contributed by atoms with Crippen molar-refractivity contribution in [2.24, 2.45) is 0 Å². The van der Waals surface area contributed by atoms with Crippen LogP contribution in [0.15, 0.2) is 46.9 Å². The van der Waals surface area contributed by atoms with E-state index in [2.05, 4.69) is 31.5 Å². The summed E-state index contributed by atoms with van der Waals surface area (Å²) in [6.45, 7) is 2.59. The number of nitrogens with one attached hydrogen (secondary N) is 1. The molecule has 0 radical (unpaired) electrons. The fourth-order valence-electron chi connectivity index (χ4n) is 4.08. The first-order valence-electron chi connectivity index (χ1n) is 11.2. The Hall–Kier alpha value is -2.32. The van der Waals surface area contributed by atoms with Crippen LogP contribution in [-0.4, -0.2) is 39.6 Å². The van der Waals surface area contributed by atoms with Crippen molar-refractivity contribution in [2.45, 2.75) is 61.9 Å². The molecular weight excluding hydrogens is 440 g/mol. The molecule has 1 atom stereocenters. The van der Waals surface area contributed by atoms with Gasteiger partial charge in [0.05, 0.1) is 12.4 Å². The smallest absolute Gasteiger partial charge is 0.233 e. The lowest BCUT2D eigenvalue weighted by molar-refractivity contribution is -0.120. The highest BCUT2D eigenvalue weighted by Crippen LogP contribution is 2.36. The Labute approximate surface area is 197 Å². The van der Waals surface area contributed by atoms with Crippen LogP contribution in [0.1, 0.15) is 49.9 Å². The van der Waals surface area contributed by atoms with Gasteiger partial charge in [0, 0.05) is 23.0 Å². The van der Waals surface area contributed by atoms with Gasteiger partial charge in [-0.05, 0) is 61.9 Å². The van der Waals surface area contributed by atoms with Gasteiger partial charge < -0.3 is 10.1 Å². The number of nitrogens with zero attached hydrogens (tertiary/aromatic N) is 3.